The molecule has 0 fully saturated rings. The van der Waals surface area contributed by atoms with E-state index in [1.165, 1.54) is 0 Å². The number of hydrogen-bond acceptors (Lipinski definition) is 7. The summed E-state index contributed by atoms with van der Waals surface area (Å²) in [4.78, 5) is 22.3. The number of aromatic nitrogens is 2. The van der Waals surface area contributed by atoms with Gasteiger partial charge < -0.3 is 11.1 Å². The highest BCUT2D eigenvalue weighted by Crippen LogP contribution is 2.38. The number of amides is 1. The van der Waals surface area contributed by atoms with Gasteiger partial charge in [0.1, 0.15) is 11.2 Å². The summed E-state index contributed by atoms with van der Waals surface area (Å²) in [7, 11) is -3.13. The molecule has 0 unspecified atom stereocenters. The molecule has 33 heavy (non-hydrogen) atoms. The van der Waals surface area contributed by atoms with Crippen LogP contribution in [0.2, 0.25) is 0 Å². The predicted molar refractivity (Wildman–Crippen MR) is 102 cm³/mol. The highest BCUT2D eigenvalue weighted by molar-refractivity contribution is 7.89. The number of nitrogens with one attached hydrogen (secondary N) is 1. The van der Waals surface area contributed by atoms with Crippen LogP contribution in [0.1, 0.15) is 28.7 Å². The highest BCUT2D eigenvalue weighted by Gasteiger charge is 2.45. The van der Waals surface area contributed by atoms with E-state index in [1.54, 1.807) is 0 Å². The zero-order valence-corrected chi connectivity index (χ0v) is 17.5. The van der Waals surface area contributed by atoms with Gasteiger partial charge in [-0.2, -0.15) is 13.2 Å². The number of guanidine groups is 1. The molecule has 0 saturated heterocycles. The van der Waals surface area contributed by atoms with Gasteiger partial charge in [0.15, 0.2) is 23.1 Å². The molecule has 2 aromatic rings. The molecule has 1 aromatic heterocycles. The fourth-order valence-electron chi connectivity index (χ4n) is 3.02. The number of anilines is 1. The molecule has 1 aliphatic rings. The number of nitrogens with zero attached hydrogens (tertiary/aromatic N) is 4. The number of aliphatic imine (C=N–C) groups is 1. The van der Waals surface area contributed by atoms with Crippen molar-refractivity contribution in [3.8, 4) is 0 Å². The van der Waals surface area contributed by atoms with Crippen molar-refractivity contribution < 1.29 is 39.6 Å². The molecule has 1 amide bonds. The van der Waals surface area contributed by atoms with Crippen LogP contribution in [0.15, 0.2) is 23.5 Å². The van der Waals surface area contributed by atoms with Crippen molar-refractivity contribution in [3.05, 3.63) is 52.9 Å². The minimum atomic E-state index is -4.82. The average Bonchev–Trinajstić information content (AvgIpc) is 2.69. The zero-order valence-electron chi connectivity index (χ0n) is 16.7. The van der Waals surface area contributed by atoms with E-state index in [0.717, 1.165) is 14.0 Å². The van der Waals surface area contributed by atoms with E-state index in [4.69, 9.17) is 5.73 Å². The van der Waals surface area contributed by atoms with Crippen molar-refractivity contribution in [3.63, 3.8) is 0 Å². The lowest BCUT2D eigenvalue weighted by atomic mass is 9.92. The Kier molecular flexibility index (Phi) is 5.77. The SMILES string of the molecule is CN1C(N)=N[C@](C)(c2c(F)c(F)cc(NC(=O)c3cnc(C(F)(F)F)cn3)c2F)CS1(=O)=O. The van der Waals surface area contributed by atoms with Gasteiger partial charge in [0.05, 0.1) is 29.4 Å². The number of alkyl halides is 3. The van der Waals surface area contributed by atoms with Crippen molar-refractivity contribution in [2.75, 3.05) is 18.1 Å². The number of carbonyl (C=O) groups excluding carboxylic acids is 1. The van der Waals surface area contributed by atoms with Crippen molar-refractivity contribution >= 4 is 27.6 Å². The summed E-state index contributed by atoms with van der Waals surface area (Å²) in [5.74, 6) is -7.88. The quantitative estimate of drug-likeness (QED) is 0.494. The largest absolute Gasteiger partial charge is 0.434 e. The van der Waals surface area contributed by atoms with Crippen LogP contribution in [0.25, 0.3) is 0 Å². The predicted octanol–water partition coefficient (Wildman–Crippen LogP) is 1.97. The number of hydrogen-bond donors (Lipinski definition) is 2. The van der Waals surface area contributed by atoms with Crippen LogP contribution >= 0.6 is 0 Å². The number of rotatable bonds is 3. The van der Waals surface area contributed by atoms with Crippen LogP contribution in [0, 0.1) is 17.5 Å². The maximum Gasteiger partial charge on any atom is 0.434 e. The fourth-order valence-corrected chi connectivity index (χ4v) is 4.46. The molecule has 0 saturated carbocycles. The number of benzene rings is 1. The minimum absolute atomic E-state index is 0.254. The second-order valence-electron chi connectivity index (χ2n) is 7.12. The molecule has 3 N–H and O–H groups in total. The van der Waals surface area contributed by atoms with Crippen molar-refractivity contribution in [1.29, 1.82) is 0 Å². The maximum atomic E-state index is 15.2. The molecule has 16 heteroatoms. The Labute approximate surface area is 182 Å². The highest BCUT2D eigenvalue weighted by atomic mass is 32.2. The van der Waals surface area contributed by atoms with Gasteiger partial charge in [0, 0.05) is 13.1 Å². The van der Waals surface area contributed by atoms with E-state index in [0.29, 0.717) is 10.5 Å². The first kappa shape index (κ1) is 24.2. The first-order valence-corrected chi connectivity index (χ1v) is 10.4. The van der Waals surface area contributed by atoms with E-state index in [9.17, 15) is 35.2 Å². The molecule has 9 nitrogen and oxygen atoms in total. The number of carbonyl (C=O) groups is 1. The number of nitrogens with two attached hydrogens (primary N) is 1. The van der Waals surface area contributed by atoms with Crippen LogP contribution < -0.4 is 11.1 Å². The topological polar surface area (TPSA) is 131 Å². The summed E-state index contributed by atoms with van der Waals surface area (Å²) in [6.07, 6.45) is -4.12. The molecular formula is C17H14F6N6O3S. The molecule has 0 radical (unpaired) electrons. The van der Waals surface area contributed by atoms with Crippen LogP contribution in [-0.4, -0.2) is 47.4 Å². The summed E-state index contributed by atoms with van der Waals surface area (Å²) in [6, 6.07) is 0.267. The van der Waals surface area contributed by atoms with Crippen LogP contribution in [-0.2, 0) is 21.7 Å². The summed E-state index contributed by atoms with van der Waals surface area (Å²) in [5.41, 5.74) is -0.832. The number of halogens is 6. The van der Waals surface area contributed by atoms with Gasteiger partial charge in [0.25, 0.3) is 5.91 Å². The number of sulfonamides is 1. The third kappa shape index (κ3) is 4.42. The molecule has 3 rings (SSSR count). The third-order valence-electron chi connectivity index (χ3n) is 4.68. The van der Waals surface area contributed by atoms with E-state index in [1.807, 2.05) is 5.32 Å². The summed E-state index contributed by atoms with van der Waals surface area (Å²) >= 11 is 0. The lowest BCUT2D eigenvalue weighted by Crippen LogP contribution is -2.50. The molecule has 0 aliphatic carbocycles. The smallest absolute Gasteiger partial charge is 0.369 e. The normalized spacial score (nSPS) is 20.4. The Morgan fingerprint density at radius 3 is 2.33 bits per heavy atom. The fraction of sp³-hybridized carbons (Fsp3) is 0.294. The molecule has 1 aromatic carbocycles. The Morgan fingerprint density at radius 1 is 1.18 bits per heavy atom. The standard InChI is InChI=1S/C17H14F6N6O3S/c1-16(6-33(31,32)29(2)15(24)28-16)11-12(19)7(18)3-8(13(11)20)27-14(30)9-4-26-10(5-25-9)17(21,22)23/h3-5H,6H2,1-2H3,(H2,24,28)(H,27,30)/t16-/m0/s1. The molecule has 178 valence electrons. The molecule has 1 atom stereocenters. The summed E-state index contributed by atoms with van der Waals surface area (Å²) in [5, 5.41) is 1.85. The van der Waals surface area contributed by atoms with Crippen molar-refractivity contribution in [1.82, 2.24) is 14.3 Å². The maximum absolute atomic E-state index is 15.2. The third-order valence-corrected chi connectivity index (χ3v) is 6.63. The van der Waals surface area contributed by atoms with E-state index in [2.05, 4.69) is 15.0 Å². The molecule has 1 aliphatic heterocycles. The van der Waals surface area contributed by atoms with Crippen LogP contribution in [0.5, 0.6) is 0 Å². The second kappa shape index (κ2) is 7.86. The molecule has 0 spiro atoms. The molecule has 0 bridgehead atoms. The zero-order chi connectivity index (χ0) is 24.9. The van der Waals surface area contributed by atoms with Gasteiger partial charge in [-0.15, -0.1) is 0 Å². The first-order chi connectivity index (χ1) is 15.1. The van der Waals surface area contributed by atoms with Crippen LogP contribution in [0.4, 0.5) is 32.0 Å². The summed E-state index contributed by atoms with van der Waals surface area (Å²) in [6.45, 7) is 0.998. The van der Waals surface area contributed by atoms with E-state index < -0.39 is 79.4 Å². The Hall–Kier alpha value is -3.43. The van der Waals surface area contributed by atoms with Gasteiger partial charge in [-0.1, -0.05) is 0 Å². The summed E-state index contributed by atoms with van der Waals surface area (Å²) < 4.78 is 107. The molecule has 2 heterocycles. The van der Waals surface area contributed by atoms with Gasteiger partial charge in [0.2, 0.25) is 16.0 Å². The second-order valence-corrected chi connectivity index (χ2v) is 9.12. The van der Waals surface area contributed by atoms with Crippen molar-refractivity contribution in [2.45, 2.75) is 18.6 Å². The van der Waals surface area contributed by atoms with Gasteiger partial charge in [-0.25, -0.2) is 40.9 Å². The Balaban J connectivity index is 2.04. The van der Waals surface area contributed by atoms with E-state index in [-0.39, 0.29) is 12.3 Å². The van der Waals surface area contributed by atoms with E-state index >= 15 is 4.39 Å². The monoisotopic (exact) mass is 496 g/mol. The first-order valence-electron chi connectivity index (χ1n) is 8.77. The van der Waals surface area contributed by atoms with Crippen LogP contribution in [0.3, 0.4) is 0 Å². The van der Waals surface area contributed by atoms with Gasteiger partial charge in [-0.3, -0.25) is 4.79 Å². The van der Waals surface area contributed by atoms with Gasteiger partial charge >= 0.3 is 6.18 Å². The lowest BCUT2D eigenvalue weighted by Gasteiger charge is -2.35. The van der Waals surface area contributed by atoms with Gasteiger partial charge in [-0.05, 0) is 6.92 Å². The Morgan fingerprint density at radius 2 is 1.82 bits per heavy atom. The van der Waals surface area contributed by atoms with Crippen molar-refractivity contribution in [2.24, 2.45) is 10.7 Å². The minimum Gasteiger partial charge on any atom is -0.369 e. The lowest BCUT2D eigenvalue weighted by molar-refractivity contribution is -0.141. The average molecular weight is 496 g/mol. The Bertz CT molecular complexity index is 1270. The molecular weight excluding hydrogens is 482 g/mol.